The number of likely N-dealkylation sites (tertiary alicyclic amines) is 2. The highest BCUT2D eigenvalue weighted by Crippen LogP contribution is 2.38. The molecule has 0 radical (unpaired) electrons. The maximum absolute atomic E-state index is 12.9. The Kier molecular flexibility index (Phi) is 9.64. The van der Waals surface area contributed by atoms with E-state index >= 15 is 0 Å². The van der Waals surface area contributed by atoms with Gasteiger partial charge in [-0.15, -0.1) is 0 Å². The van der Waals surface area contributed by atoms with Crippen molar-refractivity contribution in [1.29, 1.82) is 0 Å². The van der Waals surface area contributed by atoms with E-state index in [4.69, 9.17) is 18.9 Å². The number of para-hydroxylation sites is 4. The van der Waals surface area contributed by atoms with Gasteiger partial charge in [-0.25, -0.2) is 0 Å². The summed E-state index contributed by atoms with van der Waals surface area (Å²) in [6.45, 7) is 6.28. The molecular weight excluding hydrogens is 628 g/mol. The summed E-state index contributed by atoms with van der Waals surface area (Å²) in [5.74, 6) is 2.49. The Morgan fingerprint density at radius 1 is 0.620 bits per heavy atom. The highest BCUT2D eigenvalue weighted by atomic mass is 16.6. The number of aliphatic carboxylic acids is 1. The molecule has 4 heterocycles. The summed E-state index contributed by atoms with van der Waals surface area (Å²) in [6.07, 6.45) is 3.75. The molecule has 4 aromatic carbocycles. The molecule has 0 amide bonds. The lowest BCUT2D eigenvalue weighted by atomic mass is 9.74. The molecule has 0 bridgehead atoms. The number of benzene rings is 4. The lowest BCUT2D eigenvalue weighted by molar-refractivity contribution is -0.148. The van der Waals surface area contributed by atoms with Gasteiger partial charge in [0.15, 0.2) is 35.2 Å². The van der Waals surface area contributed by atoms with Crippen LogP contribution in [0.2, 0.25) is 0 Å². The molecule has 4 atom stereocenters. The molecule has 0 saturated carbocycles. The van der Waals surface area contributed by atoms with E-state index in [1.807, 2.05) is 48.5 Å². The van der Waals surface area contributed by atoms with Crippen LogP contribution in [0, 0.1) is 17.8 Å². The molecule has 4 aliphatic rings. The Balaban J connectivity index is 0.857. The van der Waals surface area contributed by atoms with Gasteiger partial charge in [-0.3, -0.25) is 14.6 Å². The number of nitrogens with zero attached hydrogens (tertiary/aromatic N) is 2. The molecule has 2 saturated heterocycles. The summed E-state index contributed by atoms with van der Waals surface area (Å²) in [5, 5.41) is 10.6. The minimum absolute atomic E-state index is 0.130. The minimum atomic E-state index is -0.634. The topological polar surface area (TPSA) is 80.7 Å². The molecule has 0 aromatic heterocycles. The predicted octanol–water partition coefficient (Wildman–Crippen LogP) is 7.54. The highest BCUT2D eigenvalue weighted by molar-refractivity contribution is 5.71. The fourth-order valence-corrected chi connectivity index (χ4v) is 8.40. The fraction of sp³-hybridized carbons (Fsp3) is 0.405. The van der Waals surface area contributed by atoms with Crippen molar-refractivity contribution in [3.05, 3.63) is 119 Å². The molecule has 8 rings (SSSR count). The van der Waals surface area contributed by atoms with Crippen LogP contribution in [-0.2, 0) is 17.9 Å². The van der Waals surface area contributed by atoms with Crippen molar-refractivity contribution in [3.8, 4) is 23.0 Å². The van der Waals surface area contributed by atoms with E-state index in [0.717, 1.165) is 99.1 Å². The van der Waals surface area contributed by atoms with E-state index in [1.165, 1.54) is 11.1 Å². The first-order chi connectivity index (χ1) is 24.6. The van der Waals surface area contributed by atoms with Crippen LogP contribution in [-0.4, -0.2) is 60.3 Å². The SMILES string of the molecule is O=C(O)C([C@H]1CCCN(Cc2ccc([C@H]3COc4ccccc4O3)cc2)C1)[C@H]1CCCN(Cc2ccc([C@H]3COc4ccccc4O3)cc2)C1. The number of rotatable bonds is 9. The first-order valence-corrected chi connectivity index (χ1v) is 18.2. The van der Waals surface area contributed by atoms with Gasteiger partial charge in [0, 0.05) is 26.2 Å². The Bertz CT molecular complexity index is 1640. The van der Waals surface area contributed by atoms with E-state index in [1.54, 1.807) is 0 Å². The molecule has 2 fully saturated rings. The van der Waals surface area contributed by atoms with Crippen LogP contribution in [0.3, 0.4) is 0 Å². The number of ether oxygens (including phenoxy) is 4. The van der Waals surface area contributed by atoms with Crippen molar-refractivity contribution >= 4 is 5.97 Å². The van der Waals surface area contributed by atoms with E-state index < -0.39 is 5.97 Å². The van der Waals surface area contributed by atoms with Crippen molar-refractivity contribution in [2.75, 3.05) is 39.4 Å². The first-order valence-electron chi connectivity index (χ1n) is 18.2. The smallest absolute Gasteiger partial charge is 0.307 e. The van der Waals surface area contributed by atoms with Crippen molar-refractivity contribution in [3.63, 3.8) is 0 Å². The Morgan fingerprint density at radius 2 is 1.04 bits per heavy atom. The van der Waals surface area contributed by atoms with Crippen molar-refractivity contribution < 1.29 is 28.8 Å². The number of hydrogen-bond acceptors (Lipinski definition) is 7. The van der Waals surface area contributed by atoms with Crippen LogP contribution in [0.25, 0.3) is 0 Å². The molecule has 8 nitrogen and oxygen atoms in total. The first kappa shape index (κ1) is 32.7. The lowest BCUT2D eigenvalue weighted by Crippen LogP contribution is -2.47. The van der Waals surface area contributed by atoms with Crippen LogP contribution >= 0.6 is 0 Å². The zero-order valence-electron chi connectivity index (χ0n) is 28.5. The van der Waals surface area contributed by atoms with Gasteiger partial charge in [0.05, 0.1) is 5.92 Å². The molecule has 50 heavy (non-hydrogen) atoms. The summed E-state index contributed by atoms with van der Waals surface area (Å²) in [5.41, 5.74) is 4.67. The molecule has 0 aliphatic carbocycles. The fourth-order valence-electron chi connectivity index (χ4n) is 8.40. The van der Waals surface area contributed by atoms with Crippen molar-refractivity contribution in [1.82, 2.24) is 9.80 Å². The second kappa shape index (κ2) is 14.8. The summed E-state index contributed by atoms with van der Waals surface area (Å²) in [6, 6.07) is 32.9. The molecule has 4 aromatic rings. The molecule has 260 valence electrons. The third kappa shape index (κ3) is 7.32. The van der Waals surface area contributed by atoms with Gasteiger partial charge >= 0.3 is 5.97 Å². The maximum atomic E-state index is 12.9. The molecule has 0 unspecified atom stereocenters. The normalized spacial score (nSPS) is 23.8. The number of fused-ring (bicyclic) bond motifs is 2. The van der Waals surface area contributed by atoms with Crippen LogP contribution in [0.4, 0.5) is 0 Å². The summed E-state index contributed by atoms with van der Waals surface area (Å²) < 4.78 is 24.3. The quantitative estimate of drug-likeness (QED) is 0.195. The Morgan fingerprint density at radius 3 is 1.46 bits per heavy atom. The number of hydrogen-bond donors (Lipinski definition) is 1. The van der Waals surface area contributed by atoms with E-state index in [0.29, 0.717) is 13.2 Å². The summed E-state index contributed by atoms with van der Waals surface area (Å²) in [4.78, 5) is 17.8. The number of piperidine rings is 2. The Labute approximate surface area is 294 Å². The van der Waals surface area contributed by atoms with Gasteiger partial charge in [0.1, 0.15) is 13.2 Å². The van der Waals surface area contributed by atoms with Crippen molar-refractivity contribution in [2.24, 2.45) is 17.8 Å². The van der Waals surface area contributed by atoms with Gasteiger partial charge in [0.2, 0.25) is 0 Å². The van der Waals surface area contributed by atoms with Gasteiger partial charge < -0.3 is 24.1 Å². The lowest BCUT2D eigenvalue weighted by Gasteiger charge is -2.41. The van der Waals surface area contributed by atoms with Gasteiger partial charge in [0.25, 0.3) is 0 Å². The zero-order chi connectivity index (χ0) is 33.9. The molecule has 4 aliphatic heterocycles. The number of carboxylic acid groups (broad SMARTS) is 1. The third-order valence-corrected chi connectivity index (χ3v) is 10.9. The zero-order valence-corrected chi connectivity index (χ0v) is 28.5. The summed E-state index contributed by atoms with van der Waals surface area (Å²) in [7, 11) is 0. The van der Waals surface area contributed by atoms with Crippen LogP contribution < -0.4 is 18.9 Å². The Hall–Kier alpha value is -4.53. The minimum Gasteiger partial charge on any atom is -0.485 e. The highest BCUT2D eigenvalue weighted by Gasteiger charge is 2.39. The average molecular weight is 675 g/mol. The van der Waals surface area contributed by atoms with E-state index in [-0.39, 0.29) is 30.0 Å². The van der Waals surface area contributed by atoms with Gasteiger partial charge in [-0.05, 0) is 97.1 Å². The van der Waals surface area contributed by atoms with Crippen molar-refractivity contribution in [2.45, 2.75) is 51.0 Å². The second-order valence-corrected chi connectivity index (χ2v) is 14.4. The van der Waals surface area contributed by atoms with Crippen LogP contribution in [0.15, 0.2) is 97.1 Å². The van der Waals surface area contributed by atoms with E-state index in [2.05, 4.69) is 58.3 Å². The monoisotopic (exact) mass is 674 g/mol. The maximum Gasteiger partial charge on any atom is 0.307 e. The van der Waals surface area contributed by atoms with Gasteiger partial charge in [-0.2, -0.15) is 0 Å². The van der Waals surface area contributed by atoms with E-state index in [9.17, 15) is 9.90 Å². The largest absolute Gasteiger partial charge is 0.485 e. The molecule has 1 N–H and O–H groups in total. The molecule has 0 spiro atoms. The van der Waals surface area contributed by atoms with Crippen LogP contribution in [0.1, 0.15) is 60.1 Å². The van der Waals surface area contributed by atoms with Crippen LogP contribution in [0.5, 0.6) is 23.0 Å². The van der Waals surface area contributed by atoms with Gasteiger partial charge in [-0.1, -0.05) is 72.8 Å². The molecule has 8 heteroatoms. The number of carboxylic acids is 1. The second-order valence-electron chi connectivity index (χ2n) is 14.4. The third-order valence-electron chi connectivity index (χ3n) is 10.9. The summed E-state index contributed by atoms with van der Waals surface area (Å²) >= 11 is 0. The number of carbonyl (C=O) groups is 1. The predicted molar refractivity (Wildman–Crippen MR) is 191 cm³/mol. The standard InChI is InChI=1S/C42H46N2O6/c45-42(46)41(33-7-5-21-43(25-33)23-29-13-17-31(18-14-29)39-27-47-35-9-1-3-11-37(35)49-39)34-8-6-22-44(26-34)24-30-15-19-32(20-16-30)40-28-48-36-10-2-4-12-38(36)50-40/h1-4,9-20,33-34,39-41H,5-8,21-28H2,(H,45,46)/t33-,34-,39+,40+/m0/s1. The average Bonchev–Trinajstić information content (AvgIpc) is 3.15. The molecular formula is C42H46N2O6.